The molecule has 1 N–H and O–H groups in total. The summed E-state index contributed by atoms with van der Waals surface area (Å²) in [4.78, 5) is 17.5. The Balaban J connectivity index is 1.47. The van der Waals surface area contributed by atoms with Crippen LogP contribution in [-0.2, 0) is 12.0 Å². The summed E-state index contributed by atoms with van der Waals surface area (Å²) in [5, 5.41) is 12.1. The van der Waals surface area contributed by atoms with Gasteiger partial charge in [0.2, 0.25) is 0 Å². The third-order valence-corrected chi connectivity index (χ3v) is 5.86. The zero-order valence-corrected chi connectivity index (χ0v) is 19.5. The Morgan fingerprint density at radius 3 is 2.58 bits per heavy atom. The van der Waals surface area contributed by atoms with Gasteiger partial charge in [0.1, 0.15) is 0 Å². The summed E-state index contributed by atoms with van der Waals surface area (Å²) in [6.45, 7) is 3.53. The second-order valence-corrected chi connectivity index (χ2v) is 9.11. The van der Waals surface area contributed by atoms with Crippen LogP contribution in [0.3, 0.4) is 0 Å². The summed E-state index contributed by atoms with van der Waals surface area (Å²) in [6.07, 6.45) is 4.86. The standard InChI is InChI=1S/C29H26ClNO2/c1-29(2,33)26-9-4-3-7-21(26)13-17-28(32)23-8-5-6-20(18-23)10-15-25-16-12-22-11-14-24(30)19-27(22)31-25/h3-12,14-16,18-19,33H,13,17H2,1-2H3/b15-10+. The highest BCUT2D eigenvalue weighted by Gasteiger charge is 2.19. The number of hydrogen-bond donors (Lipinski definition) is 1. The minimum absolute atomic E-state index is 0.0780. The normalized spacial score (nSPS) is 11.9. The number of aliphatic hydroxyl groups is 1. The van der Waals surface area contributed by atoms with Crippen molar-refractivity contribution in [1.82, 2.24) is 4.98 Å². The first-order valence-corrected chi connectivity index (χ1v) is 11.4. The molecule has 1 heterocycles. The van der Waals surface area contributed by atoms with Crippen molar-refractivity contribution in [3.63, 3.8) is 0 Å². The highest BCUT2D eigenvalue weighted by atomic mass is 35.5. The Kier molecular flexibility index (Phi) is 6.73. The lowest BCUT2D eigenvalue weighted by atomic mass is 9.90. The van der Waals surface area contributed by atoms with Gasteiger partial charge in [-0.3, -0.25) is 4.79 Å². The van der Waals surface area contributed by atoms with Crippen molar-refractivity contribution in [2.75, 3.05) is 0 Å². The first-order chi connectivity index (χ1) is 15.8. The predicted molar refractivity (Wildman–Crippen MR) is 136 cm³/mol. The number of pyridine rings is 1. The Morgan fingerprint density at radius 2 is 1.76 bits per heavy atom. The maximum absolute atomic E-state index is 12.9. The van der Waals surface area contributed by atoms with E-state index in [1.807, 2.05) is 91.0 Å². The van der Waals surface area contributed by atoms with Crippen molar-refractivity contribution in [3.05, 3.63) is 112 Å². The molecule has 0 fully saturated rings. The quantitative estimate of drug-likeness (QED) is 0.302. The molecular weight excluding hydrogens is 430 g/mol. The van der Waals surface area contributed by atoms with Crippen LogP contribution in [0.25, 0.3) is 23.1 Å². The molecule has 0 atom stereocenters. The van der Waals surface area contributed by atoms with Crippen LogP contribution < -0.4 is 0 Å². The second kappa shape index (κ2) is 9.70. The molecule has 33 heavy (non-hydrogen) atoms. The van der Waals surface area contributed by atoms with Gasteiger partial charge >= 0.3 is 0 Å². The smallest absolute Gasteiger partial charge is 0.163 e. The van der Waals surface area contributed by atoms with E-state index in [2.05, 4.69) is 4.98 Å². The SMILES string of the molecule is CC(C)(O)c1ccccc1CCC(=O)c1cccc(/C=C/c2ccc3ccc(Cl)cc3n2)c1. The van der Waals surface area contributed by atoms with Crippen molar-refractivity contribution >= 4 is 40.4 Å². The molecule has 0 aliphatic carbocycles. The van der Waals surface area contributed by atoms with Gasteiger partial charge in [0, 0.05) is 22.4 Å². The zero-order valence-electron chi connectivity index (χ0n) is 18.8. The van der Waals surface area contributed by atoms with Crippen LogP contribution in [0, 0.1) is 0 Å². The van der Waals surface area contributed by atoms with E-state index >= 15 is 0 Å². The van der Waals surface area contributed by atoms with Crippen LogP contribution in [0.2, 0.25) is 5.02 Å². The lowest BCUT2D eigenvalue weighted by molar-refractivity contribution is 0.0773. The third-order valence-electron chi connectivity index (χ3n) is 5.63. The van der Waals surface area contributed by atoms with Crippen molar-refractivity contribution < 1.29 is 9.90 Å². The number of aryl methyl sites for hydroxylation is 1. The summed E-state index contributed by atoms with van der Waals surface area (Å²) in [7, 11) is 0. The molecule has 0 radical (unpaired) electrons. The highest BCUT2D eigenvalue weighted by Crippen LogP contribution is 2.25. The number of hydrogen-bond acceptors (Lipinski definition) is 3. The monoisotopic (exact) mass is 455 g/mol. The van der Waals surface area contributed by atoms with E-state index in [9.17, 15) is 9.90 Å². The van der Waals surface area contributed by atoms with E-state index in [4.69, 9.17) is 11.6 Å². The maximum atomic E-state index is 12.9. The van der Waals surface area contributed by atoms with Gasteiger partial charge in [0.25, 0.3) is 0 Å². The minimum Gasteiger partial charge on any atom is -0.386 e. The molecule has 4 aromatic rings. The largest absolute Gasteiger partial charge is 0.386 e. The molecule has 0 unspecified atom stereocenters. The number of ketones is 1. The van der Waals surface area contributed by atoms with Gasteiger partial charge in [0.15, 0.2) is 5.78 Å². The van der Waals surface area contributed by atoms with Gasteiger partial charge in [-0.25, -0.2) is 4.98 Å². The molecule has 0 saturated carbocycles. The summed E-state index contributed by atoms with van der Waals surface area (Å²) in [5.41, 5.74) is 4.20. The van der Waals surface area contributed by atoms with Gasteiger partial charge in [-0.15, -0.1) is 0 Å². The molecule has 4 heteroatoms. The van der Waals surface area contributed by atoms with E-state index in [-0.39, 0.29) is 5.78 Å². The van der Waals surface area contributed by atoms with Crippen molar-refractivity contribution in [3.8, 4) is 0 Å². The highest BCUT2D eigenvalue weighted by molar-refractivity contribution is 6.31. The Labute approximate surface area is 199 Å². The fourth-order valence-corrected chi connectivity index (χ4v) is 4.09. The minimum atomic E-state index is -0.938. The average Bonchev–Trinajstić information content (AvgIpc) is 2.80. The summed E-state index contributed by atoms with van der Waals surface area (Å²) in [6, 6.07) is 25.0. The van der Waals surface area contributed by atoms with Crippen LogP contribution in [0.1, 0.15) is 53.0 Å². The second-order valence-electron chi connectivity index (χ2n) is 8.67. The molecule has 1 aromatic heterocycles. The molecule has 0 amide bonds. The lowest BCUT2D eigenvalue weighted by Crippen LogP contribution is -2.18. The van der Waals surface area contributed by atoms with E-state index < -0.39 is 5.60 Å². The van der Waals surface area contributed by atoms with Crippen LogP contribution in [0.4, 0.5) is 0 Å². The van der Waals surface area contributed by atoms with Crippen LogP contribution >= 0.6 is 11.6 Å². The molecule has 0 saturated heterocycles. The van der Waals surface area contributed by atoms with Crippen molar-refractivity contribution in [2.45, 2.75) is 32.3 Å². The fraction of sp³-hybridized carbons (Fsp3) is 0.172. The van der Waals surface area contributed by atoms with Gasteiger partial charge in [0.05, 0.1) is 16.8 Å². The van der Waals surface area contributed by atoms with Crippen LogP contribution in [0.5, 0.6) is 0 Å². The van der Waals surface area contributed by atoms with Crippen molar-refractivity contribution in [1.29, 1.82) is 0 Å². The van der Waals surface area contributed by atoms with Gasteiger partial charge in [-0.2, -0.15) is 0 Å². The summed E-state index contributed by atoms with van der Waals surface area (Å²) in [5.74, 6) is 0.0780. The fourth-order valence-electron chi connectivity index (χ4n) is 3.92. The maximum Gasteiger partial charge on any atom is 0.163 e. The van der Waals surface area contributed by atoms with E-state index in [1.54, 1.807) is 13.8 Å². The molecule has 0 bridgehead atoms. The summed E-state index contributed by atoms with van der Waals surface area (Å²) < 4.78 is 0. The van der Waals surface area contributed by atoms with Crippen molar-refractivity contribution in [2.24, 2.45) is 0 Å². The number of Topliss-reactive ketones (excluding diaryl/α,β-unsaturated/α-hetero) is 1. The predicted octanol–water partition coefficient (Wildman–Crippen LogP) is 7.10. The first-order valence-electron chi connectivity index (χ1n) is 11.0. The molecule has 0 spiro atoms. The van der Waals surface area contributed by atoms with Crippen LogP contribution in [-0.4, -0.2) is 15.9 Å². The van der Waals surface area contributed by atoms with E-state index in [0.29, 0.717) is 23.4 Å². The van der Waals surface area contributed by atoms with Gasteiger partial charge in [-0.05, 0) is 67.3 Å². The van der Waals surface area contributed by atoms with Gasteiger partial charge in [-0.1, -0.05) is 72.3 Å². The number of halogens is 1. The zero-order chi connectivity index (χ0) is 23.4. The number of rotatable bonds is 7. The number of benzene rings is 3. The van der Waals surface area contributed by atoms with Gasteiger partial charge < -0.3 is 5.11 Å². The number of nitrogens with zero attached hydrogens (tertiary/aromatic N) is 1. The number of carbonyl (C=O) groups excluding carboxylic acids is 1. The van der Waals surface area contributed by atoms with E-state index in [1.165, 1.54) is 0 Å². The molecular formula is C29H26ClNO2. The number of carbonyl (C=O) groups is 1. The molecule has 3 aromatic carbocycles. The Morgan fingerprint density at radius 1 is 0.970 bits per heavy atom. The lowest BCUT2D eigenvalue weighted by Gasteiger charge is -2.21. The van der Waals surface area contributed by atoms with Crippen LogP contribution in [0.15, 0.2) is 78.9 Å². The molecule has 4 rings (SSSR count). The average molecular weight is 456 g/mol. The number of fused-ring (bicyclic) bond motifs is 1. The number of aromatic nitrogens is 1. The topological polar surface area (TPSA) is 50.2 Å². The molecule has 166 valence electrons. The Bertz CT molecular complexity index is 1340. The van der Waals surface area contributed by atoms with E-state index in [0.717, 1.165) is 33.3 Å². The molecule has 0 aliphatic rings. The Hall–Kier alpha value is -3.27. The third kappa shape index (κ3) is 5.75. The molecule has 0 aliphatic heterocycles. The molecule has 3 nitrogen and oxygen atoms in total. The first kappa shape index (κ1) is 22.9. The summed E-state index contributed by atoms with van der Waals surface area (Å²) >= 11 is 6.08.